The summed E-state index contributed by atoms with van der Waals surface area (Å²) < 4.78 is 6.83. The van der Waals surface area contributed by atoms with E-state index >= 15 is 0 Å². The number of halogens is 3. The zero-order valence-electron chi connectivity index (χ0n) is 20.0. The third-order valence-corrected chi connectivity index (χ3v) is 6.95. The number of hydrogen-bond donors (Lipinski definition) is 1. The van der Waals surface area contributed by atoms with E-state index in [0.717, 1.165) is 46.9 Å². The molecule has 4 rings (SSSR count). The van der Waals surface area contributed by atoms with E-state index in [0.29, 0.717) is 17.9 Å². The van der Waals surface area contributed by atoms with Crippen LogP contribution in [0.1, 0.15) is 11.1 Å². The molecular weight excluding hydrogens is 581 g/mol. The number of aliphatic hydroxyl groups is 1. The van der Waals surface area contributed by atoms with Gasteiger partial charge in [-0.15, -0.1) is 12.4 Å². The topological polar surface area (TPSA) is 79.1 Å². The average molecular weight is 609 g/mol. The highest BCUT2D eigenvalue weighted by Crippen LogP contribution is 2.28. The number of anilines is 1. The van der Waals surface area contributed by atoms with Gasteiger partial charge in [-0.3, -0.25) is 15.0 Å². The third-order valence-electron chi connectivity index (χ3n) is 6.00. The van der Waals surface area contributed by atoms with E-state index in [1.54, 1.807) is 12.1 Å². The first kappa shape index (κ1) is 28.9. The van der Waals surface area contributed by atoms with Crippen LogP contribution in [0.5, 0.6) is 5.75 Å². The summed E-state index contributed by atoms with van der Waals surface area (Å²) in [6.45, 7) is 3.91. The summed E-state index contributed by atoms with van der Waals surface area (Å²) in [5, 5.41) is 22.6. The Morgan fingerprint density at radius 3 is 2.46 bits per heavy atom. The number of nitro benzene ring substituents is 1. The van der Waals surface area contributed by atoms with Gasteiger partial charge in [0, 0.05) is 65.6 Å². The Morgan fingerprint density at radius 2 is 1.76 bits per heavy atom. The maximum absolute atomic E-state index is 11.3. The number of hydrogen-bond acceptors (Lipinski definition) is 6. The molecule has 196 valence electrons. The molecule has 3 aromatic rings. The van der Waals surface area contributed by atoms with E-state index in [1.807, 2.05) is 48.5 Å². The van der Waals surface area contributed by atoms with E-state index < -0.39 is 11.0 Å². The van der Waals surface area contributed by atoms with E-state index in [4.69, 9.17) is 16.3 Å². The summed E-state index contributed by atoms with van der Waals surface area (Å²) in [6.07, 6.45) is 2.95. The molecule has 0 radical (unpaired) electrons. The first-order valence-electron chi connectivity index (χ1n) is 11.6. The number of non-ortho nitro benzene ring substituents is 1. The standard InChI is InChI=1S/C27H27BrClN3O4.ClH/c28-26-7-2-1-4-20(26)8-9-21-16-24(32(34)35)10-11-27(21)36-19-25(33)18-30-12-14-31(15-13-30)23-6-3-5-22(29)17-23;/h1-11,16-17,25,33H,12-15,18-19H2;1H/b9-8+;. The van der Waals surface area contributed by atoms with Gasteiger partial charge in [0.2, 0.25) is 0 Å². The van der Waals surface area contributed by atoms with Gasteiger partial charge >= 0.3 is 0 Å². The van der Waals surface area contributed by atoms with Crippen LogP contribution >= 0.6 is 39.9 Å². The van der Waals surface area contributed by atoms with Crippen molar-refractivity contribution < 1.29 is 14.8 Å². The van der Waals surface area contributed by atoms with Gasteiger partial charge in [-0.1, -0.05) is 63.9 Å². The normalized spacial score (nSPS) is 14.8. The molecule has 1 heterocycles. The monoisotopic (exact) mass is 607 g/mol. The van der Waals surface area contributed by atoms with Gasteiger partial charge in [-0.2, -0.15) is 0 Å². The number of rotatable bonds is 9. The lowest BCUT2D eigenvalue weighted by atomic mass is 10.1. The molecule has 0 aliphatic carbocycles. The molecular formula is C27H28BrCl2N3O4. The second-order valence-corrected chi connectivity index (χ2v) is 9.86. The van der Waals surface area contributed by atoms with Crippen LogP contribution in [0.3, 0.4) is 0 Å². The molecule has 1 saturated heterocycles. The Morgan fingerprint density at radius 1 is 1.03 bits per heavy atom. The highest BCUT2D eigenvalue weighted by Gasteiger charge is 2.20. The van der Waals surface area contributed by atoms with Gasteiger partial charge in [0.25, 0.3) is 5.69 Å². The van der Waals surface area contributed by atoms with Gasteiger partial charge in [0.1, 0.15) is 18.5 Å². The highest BCUT2D eigenvalue weighted by molar-refractivity contribution is 9.10. The Hall–Kier alpha value is -2.62. The molecule has 0 bridgehead atoms. The van der Waals surface area contributed by atoms with Crippen LogP contribution < -0.4 is 9.64 Å². The van der Waals surface area contributed by atoms with Crippen LogP contribution in [0.15, 0.2) is 71.2 Å². The predicted molar refractivity (Wildman–Crippen MR) is 155 cm³/mol. The van der Waals surface area contributed by atoms with Crippen LogP contribution in [0.25, 0.3) is 12.2 Å². The first-order valence-corrected chi connectivity index (χ1v) is 12.8. The minimum atomic E-state index is -0.696. The molecule has 1 atom stereocenters. The quantitative estimate of drug-likeness (QED) is 0.178. The summed E-state index contributed by atoms with van der Waals surface area (Å²) in [7, 11) is 0. The predicted octanol–water partition coefficient (Wildman–Crippen LogP) is 6.16. The summed E-state index contributed by atoms with van der Waals surface area (Å²) in [6, 6.07) is 20.0. The van der Waals surface area contributed by atoms with Crippen molar-refractivity contribution in [3.63, 3.8) is 0 Å². The van der Waals surface area contributed by atoms with Crippen molar-refractivity contribution in [2.24, 2.45) is 0 Å². The molecule has 1 N–H and O–H groups in total. The Bertz CT molecular complexity index is 1240. The van der Waals surface area contributed by atoms with Crippen LogP contribution in [0.4, 0.5) is 11.4 Å². The maximum Gasteiger partial charge on any atom is 0.270 e. The zero-order chi connectivity index (χ0) is 25.5. The van der Waals surface area contributed by atoms with Crippen molar-refractivity contribution in [3.8, 4) is 5.75 Å². The zero-order valence-corrected chi connectivity index (χ0v) is 23.2. The minimum absolute atomic E-state index is 0. The smallest absolute Gasteiger partial charge is 0.270 e. The number of nitrogens with zero attached hydrogens (tertiary/aromatic N) is 3. The van der Waals surface area contributed by atoms with Crippen LogP contribution in [0, 0.1) is 10.1 Å². The first-order chi connectivity index (χ1) is 17.4. The second kappa shape index (κ2) is 13.8. The lowest BCUT2D eigenvalue weighted by molar-refractivity contribution is -0.384. The molecule has 1 aliphatic rings. The fraction of sp³-hybridized carbons (Fsp3) is 0.259. The van der Waals surface area contributed by atoms with E-state index in [2.05, 4.69) is 31.8 Å². The van der Waals surface area contributed by atoms with Gasteiger partial charge < -0.3 is 14.7 Å². The SMILES string of the molecule is Cl.O=[N+]([O-])c1ccc(OCC(O)CN2CCN(c3cccc(Cl)c3)CC2)c(/C=C/c2ccccc2Br)c1. The number of aliphatic hydroxyl groups excluding tert-OH is 1. The van der Waals surface area contributed by atoms with Crippen molar-refractivity contribution in [1.29, 1.82) is 0 Å². The molecule has 1 fully saturated rings. The molecule has 37 heavy (non-hydrogen) atoms. The molecule has 10 heteroatoms. The molecule has 7 nitrogen and oxygen atoms in total. The number of ether oxygens (including phenoxy) is 1. The maximum atomic E-state index is 11.3. The molecule has 0 saturated carbocycles. The lowest BCUT2D eigenvalue weighted by Crippen LogP contribution is -2.49. The van der Waals surface area contributed by atoms with Crippen molar-refractivity contribution in [3.05, 3.63) is 97.5 Å². The van der Waals surface area contributed by atoms with E-state index in [-0.39, 0.29) is 24.7 Å². The Labute approximate surface area is 236 Å². The van der Waals surface area contributed by atoms with Crippen molar-refractivity contribution in [1.82, 2.24) is 4.90 Å². The molecule has 0 amide bonds. The summed E-state index contributed by atoms with van der Waals surface area (Å²) >= 11 is 9.62. The molecule has 0 spiro atoms. The second-order valence-electron chi connectivity index (χ2n) is 8.57. The molecule has 3 aromatic carbocycles. The van der Waals surface area contributed by atoms with Crippen molar-refractivity contribution in [2.45, 2.75) is 6.10 Å². The molecule has 0 aromatic heterocycles. The van der Waals surface area contributed by atoms with Gasteiger partial charge in [0.15, 0.2) is 0 Å². The summed E-state index contributed by atoms with van der Waals surface area (Å²) in [5.74, 6) is 0.480. The fourth-order valence-electron chi connectivity index (χ4n) is 4.10. The van der Waals surface area contributed by atoms with E-state index in [9.17, 15) is 15.2 Å². The van der Waals surface area contributed by atoms with Gasteiger partial charge in [-0.05, 0) is 35.9 Å². The Kier molecular flexibility index (Phi) is 10.8. The number of piperazine rings is 1. The van der Waals surface area contributed by atoms with Crippen molar-refractivity contribution >= 4 is 63.5 Å². The molecule has 1 aliphatic heterocycles. The average Bonchev–Trinajstić information content (AvgIpc) is 2.87. The van der Waals surface area contributed by atoms with Crippen LogP contribution in [-0.2, 0) is 0 Å². The van der Waals surface area contributed by atoms with Crippen molar-refractivity contribution in [2.75, 3.05) is 44.2 Å². The minimum Gasteiger partial charge on any atom is -0.490 e. The van der Waals surface area contributed by atoms with E-state index in [1.165, 1.54) is 12.1 Å². The molecule has 1 unspecified atom stereocenters. The lowest BCUT2D eigenvalue weighted by Gasteiger charge is -2.36. The van der Waals surface area contributed by atoms with Gasteiger partial charge in [-0.25, -0.2) is 0 Å². The summed E-state index contributed by atoms with van der Waals surface area (Å²) in [4.78, 5) is 15.3. The largest absolute Gasteiger partial charge is 0.490 e. The fourth-order valence-corrected chi connectivity index (χ4v) is 4.70. The third kappa shape index (κ3) is 8.18. The van der Waals surface area contributed by atoms with Crippen LogP contribution in [0.2, 0.25) is 5.02 Å². The number of benzene rings is 3. The highest BCUT2D eigenvalue weighted by atomic mass is 79.9. The number of β-amino-alcohol motifs (C(OH)–C–C–N with tert-alkyl or cyclic N) is 1. The number of nitro groups is 1. The summed E-state index contributed by atoms with van der Waals surface area (Å²) in [5.41, 5.74) is 2.59. The van der Waals surface area contributed by atoms with Gasteiger partial charge in [0.05, 0.1) is 4.92 Å². The van der Waals surface area contributed by atoms with Crippen LogP contribution in [-0.4, -0.2) is 60.4 Å². The Balaban J connectivity index is 0.00000380.